The van der Waals surface area contributed by atoms with Crippen molar-refractivity contribution in [2.45, 2.75) is 19.5 Å². The summed E-state index contributed by atoms with van der Waals surface area (Å²) in [6.07, 6.45) is 4.87. The van der Waals surface area contributed by atoms with Crippen LogP contribution in [0.15, 0.2) is 36.9 Å². The smallest absolute Gasteiger partial charge is 0.149 e. The van der Waals surface area contributed by atoms with Crippen molar-refractivity contribution in [3.05, 3.63) is 48.3 Å². The molecule has 7 heteroatoms. The molecule has 102 valence electrons. The van der Waals surface area contributed by atoms with E-state index in [1.807, 2.05) is 25.1 Å². The molecule has 0 aliphatic rings. The predicted molar refractivity (Wildman–Crippen MR) is 74.4 cm³/mol. The second-order valence-corrected chi connectivity index (χ2v) is 4.30. The summed E-state index contributed by atoms with van der Waals surface area (Å²) < 4.78 is 1.81. The van der Waals surface area contributed by atoms with Gasteiger partial charge in [0.1, 0.15) is 18.2 Å². The second kappa shape index (κ2) is 5.32. The monoisotopic (exact) mass is 269 g/mol. The number of aryl methyl sites for hydroxylation is 1. The van der Waals surface area contributed by atoms with Crippen molar-refractivity contribution in [2.24, 2.45) is 5.84 Å². The fraction of sp³-hybridized carbons (Fsp3) is 0.231. The van der Waals surface area contributed by atoms with E-state index in [-0.39, 0.29) is 6.04 Å². The van der Waals surface area contributed by atoms with E-state index in [2.05, 4.69) is 25.5 Å². The highest BCUT2D eigenvalue weighted by atomic mass is 15.4. The molecule has 1 atom stereocenters. The average Bonchev–Trinajstić information content (AvgIpc) is 2.97. The minimum atomic E-state index is -0.280. The molecule has 2 aromatic heterocycles. The molecule has 0 aliphatic heterocycles. The van der Waals surface area contributed by atoms with Crippen LogP contribution in [0.5, 0.6) is 0 Å². The maximum atomic E-state index is 5.73. The Balaban J connectivity index is 2.17. The van der Waals surface area contributed by atoms with Gasteiger partial charge >= 0.3 is 0 Å². The van der Waals surface area contributed by atoms with E-state index in [1.54, 1.807) is 17.1 Å². The summed E-state index contributed by atoms with van der Waals surface area (Å²) >= 11 is 0. The molecule has 0 spiro atoms. The van der Waals surface area contributed by atoms with Gasteiger partial charge in [-0.05, 0) is 13.0 Å². The fourth-order valence-corrected chi connectivity index (χ4v) is 2.29. The zero-order chi connectivity index (χ0) is 13.9. The Labute approximate surface area is 115 Å². The molecule has 0 aliphatic carbocycles. The highest BCUT2D eigenvalue weighted by Crippen LogP contribution is 2.25. The van der Waals surface area contributed by atoms with Gasteiger partial charge in [-0.1, -0.05) is 12.1 Å². The molecule has 0 amide bonds. The maximum Gasteiger partial charge on any atom is 0.149 e. The van der Waals surface area contributed by atoms with Gasteiger partial charge in [0.25, 0.3) is 0 Å². The number of para-hydroxylation sites is 1. The molecule has 1 unspecified atom stereocenters. The normalized spacial score (nSPS) is 12.7. The number of nitrogens with one attached hydrogen (secondary N) is 1. The van der Waals surface area contributed by atoms with Gasteiger partial charge in [-0.25, -0.2) is 15.1 Å². The van der Waals surface area contributed by atoms with Crippen LogP contribution in [0.2, 0.25) is 0 Å². The average molecular weight is 269 g/mol. The van der Waals surface area contributed by atoms with Crippen LogP contribution in [-0.2, 0) is 6.54 Å². The standard InChI is InChI=1S/C13H15N7/c1-2-20-13(17-8-18-20)12(19-14)9-4-3-5-10-11(9)16-7-6-15-10/h3-8,12,19H,2,14H2,1H3. The van der Waals surface area contributed by atoms with Crippen LogP contribution in [0.1, 0.15) is 24.4 Å². The molecule has 3 aromatic rings. The molecule has 2 heterocycles. The summed E-state index contributed by atoms with van der Waals surface area (Å²) in [6.45, 7) is 2.73. The molecule has 3 rings (SSSR count). The van der Waals surface area contributed by atoms with Gasteiger partial charge in [-0.15, -0.1) is 0 Å². The van der Waals surface area contributed by atoms with Crippen molar-refractivity contribution in [3.8, 4) is 0 Å². The second-order valence-electron chi connectivity index (χ2n) is 4.30. The molecule has 3 N–H and O–H groups in total. The minimum Gasteiger partial charge on any atom is -0.270 e. The lowest BCUT2D eigenvalue weighted by Crippen LogP contribution is -2.31. The van der Waals surface area contributed by atoms with Gasteiger partial charge < -0.3 is 0 Å². The first-order valence-electron chi connectivity index (χ1n) is 6.38. The summed E-state index contributed by atoms with van der Waals surface area (Å²) in [4.78, 5) is 13.0. The molecular weight excluding hydrogens is 254 g/mol. The zero-order valence-electron chi connectivity index (χ0n) is 11.1. The topological polar surface area (TPSA) is 94.5 Å². The van der Waals surface area contributed by atoms with Crippen LogP contribution in [-0.4, -0.2) is 24.7 Å². The van der Waals surface area contributed by atoms with E-state index in [9.17, 15) is 0 Å². The SMILES string of the molecule is CCn1ncnc1C(NN)c1cccc2nccnc12. The largest absolute Gasteiger partial charge is 0.270 e. The summed E-state index contributed by atoms with van der Waals surface area (Å²) in [6, 6.07) is 5.54. The number of aromatic nitrogens is 5. The fourth-order valence-electron chi connectivity index (χ4n) is 2.29. The Morgan fingerprint density at radius 1 is 1.25 bits per heavy atom. The maximum absolute atomic E-state index is 5.73. The molecule has 0 saturated heterocycles. The third kappa shape index (κ3) is 2.02. The van der Waals surface area contributed by atoms with Crippen LogP contribution in [0.25, 0.3) is 11.0 Å². The van der Waals surface area contributed by atoms with Crippen LogP contribution >= 0.6 is 0 Å². The Bertz CT molecular complexity index is 716. The Hall–Kier alpha value is -2.38. The lowest BCUT2D eigenvalue weighted by molar-refractivity contribution is 0.533. The molecule has 0 radical (unpaired) electrons. The number of fused-ring (bicyclic) bond motifs is 1. The van der Waals surface area contributed by atoms with Crippen LogP contribution < -0.4 is 11.3 Å². The van der Waals surface area contributed by atoms with Crippen molar-refractivity contribution in [1.29, 1.82) is 0 Å². The molecule has 1 aromatic carbocycles. The summed E-state index contributed by atoms with van der Waals surface area (Å²) in [5.41, 5.74) is 5.36. The van der Waals surface area contributed by atoms with Crippen molar-refractivity contribution in [3.63, 3.8) is 0 Å². The minimum absolute atomic E-state index is 0.280. The Morgan fingerprint density at radius 2 is 2.10 bits per heavy atom. The first-order chi connectivity index (χ1) is 9.85. The number of hydrogen-bond acceptors (Lipinski definition) is 6. The van der Waals surface area contributed by atoms with Gasteiger partial charge in [-0.3, -0.25) is 15.8 Å². The Kier molecular flexibility index (Phi) is 3.36. The summed E-state index contributed by atoms with van der Waals surface area (Å²) in [7, 11) is 0. The highest BCUT2D eigenvalue weighted by Gasteiger charge is 2.21. The van der Waals surface area contributed by atoms with Crippen molar-refractivity contribution >= 4 is 11.0 Å². The third-order valence-electron chi connectivity index (χ3n) is 3.21. The molecular formula is C13H15N7. The number of nitrogens with two attached hydrogens (primary N) is 1. The number of hydrazine groups is 1. The van der Waals surface area contributed by atoms with E-state index < -0.39 is 0 Å². The van der Waals surface area contributed by atoms with E-state index in [1.165, 1.54) is 6.33 Å². The Morgan fingerprint density at radius 3 is 2.90 bits per heavy atom. The van der Waals surface area contributed by atoms with Gasteiger partial charge in [-0.2, -0.15) is 5.10 Å². The molecule has 0 saturated carbocycles. The predicted octanol–water partition coefficient (Wildman–Crippen LogP) is 0.794. The van der Waals surface area contributed by atoms with E-state index in [0.29, 0.717) is 0 Å². The first-order valence-corrected chi connectivity index (χ1v) is 6.38. The summed E-state index contributed by atoms with van der Waals surface area (Å²) in [5.74, 6) is 6.49. The van der Waals surface area contributed by atoms with Gasteiger partial charge in [0.2, 0.25) is 0 Å². The molecule has 0 fully saturated rings. The van der Waals surface area contributed by atoms with E-state index in [4.69, 9.17) is 5.84 Å². The van der Waals surface area contributed by atoms with E-state index in [0.717, 1.165) is 29.0 Å². The number of benzene rings is 1. The van der Waals surface area contributed by atoms with Crippen molar-refractivity contribution < 1.29 is 0 Å². The first kappa shape index (κ1) is 12.6. The lowest BCUT2D eigenvalue weighted by Gasteiger charge is -2.17. The van der Waals surface area contributed by atoms with Gasteiger partial charge in [0.05, 0.1) is 11.0 Å². The molecule has 0 bridgehead atoms. The van der Waals surface area contributed by atoms with Crippen LogP contribution in [0.4, 0.5) is 0 Å². The third-order valence-corrected chi connectivity index (χ3v) is 3.21. The van der Waals surface area contributed by atoms with Crippen LogP contribution in [0, 0.1) is 0 Å². The highest BCUT2D eigenvalue weighted by molar-refractivity contribution is 5.78. The van der Waals surface area contributed by atoms with Crippen molar-refractivity contribution in [2.75, 3.05) is 0 Å². The molecule has 20 heavy (non-hydrogen) atoms. The van der Waals surface area contributed by atoms with Crippen LogP contribution in [0.3, 0.4) is 0 Å². The number of nitrogens with zero attached hydrogens (tertiary/aromatic N) is 5. The van der Waals surface area contributed by atoms with E-state index >= 15 is 0 Å². The summed E-state index contributed by atoms with van der Waals surface area (Å²) in [5, 5.41) is 4.18. The van der Waals surface area contributed by atoms with Gasteiger partial charge in [0.15, 0.2) is 0 Å². The zero-order valence-corrected chi connectivity index (χ0v) is 11.1. The van der Waals surface area contributed by atoms with Crippen molar-refractivity contribution in [1.82, 2.24) is 30.2 Å². The van der Waals surface area contributed by atoms with Gasteiger partial charge in [0, 0.05) is 24.5 Å². The number of rotatable bonds is 4. The molecule has 7 nitrogen and oxygen atoms in total. The lowest BCUT2D eigenvalue weighted by atomic mass is 10.0. The quantitative estimate of drug-likeness (QED) is 0.537. The number of hydrogen-bond donors (Lipinski definition) is 2.